The van der Waals surface area contributed by atoms with E-state index in [1.54, 1.807) is 6.20 Å². The summed E-state index contributed by atoms with van der Waals surface area (Å²) in [4.78, 5) is 2.22. The zero-order chi connectivity index (χ0) is 14.2. The smallest absolute Gasteiger partial charge is 0.231 e. The van der Waals surface area contributed by atoms with Crippen LogP contribution in [0.2, 0.25) is 0 Å². The first kappa shape index (κ1) is 12.7. The van der Waals surface area contributed by atoms with Crippen molar-refractivity contribution in [1.82, 2.24) is 14.7 Å². The van der Waals surface area contributed by atoms with Crippen molar-refractivity contribution in [3.63, 3.8) is 0 Å². The summed E-state index contributed by atoms with van der Waals surface area (Å²) in [5.41, 5.74) is 0.863. The lowest BCUT2D eigenvalue weighted by molar-refractivity contribution is 0.0400. The van der Waals surface area contributed by atoms with Crippen molar-refractivity contribution in [2.45, 2.75) is 12.1 Å². The highest BCUT2D eigenvalue weighted by Gasteiger charge is 2.30. The number of β-amino-alcohol motifs (C(OH)–C–C–N with tert-alkyl or cyclic N) is 1. The van der Waals surface area contributed by atoms with Gasteiger partial charge >= 0.3 is 0 Å². The van der Waals surface area contributed by atoms with Crippen molar-refractivity contribution in [1.29, 1.82) is 0 Å². The van der Waals surface area contributed by atoms with Crippen LogP contribution in [0.5, 0.6) is 11.5 Å². The lowest BCUT2D eigenvalue weighted by Gasteiger charge is -2.40. The Labute approximate surface area is 122 Å². The predicted molar refractivity (Wildman–Crippen MR) is 75.2 cm³/mol. The lowest BCUT2D eigenvalue weighted by atomic mass is 10.0. The van der Waals surface area contributed by atoms with Gasteiger partial charge in [-0.3, -0.25) is 9.58 Å². The molecule has 0 unspecified atom stereocenters. The van der Waals surface area contributed by atoms with Crippen molar-refractivity contribution in [3.05, 3.63) is 42.2 Å². The molecule has 0 saturated carbocycles. The van der Waals surface area contributed by atoms with Gasteiger partial charge in [0.15, 0.2) is 11.5 Å². The average Bonchev–Trinajstić information content (AvgIpc) is 3.11. The maximum Gasteiger partial charge on any atom is 0.231 e. The molecule has 1 atom stereocenters. The summed E-state index contributed by atoms with van der Waals surface area (Å²) in [5.74, 6) is 1.46. The maximum absolute atomic E-state index is 10.3. The highest BCUT2D eigenvalue weighted by Crippen LogP contribution is 2.34. The van der Waals surface area contributed by atoms with Gasteiger partial charge in [0.25, 0.3) is 0 Å². The van der Waals surface area contributed by atoms with Crippen molar-refractivity contribution >= 4 is 0 Å². The molecule has 0 aliphatic carbocycles. The Balaban J connectivity index is 1.35. The Morgan fingerprint density at radius 1 is 1.29 bits per heavy atom. The highest BCUT2D eigenvalue weighted by molar-refractivity contribution is 5.45. The third kappa shape index (κ3) is 2.36. The lowest BCUT2D eigenvalue weighted by Crippen LogP contribution is -2.49. The second kappa shape index (κ2) is 5.05. The van der Waals surface area contributed by atoms with Gasteiger partial charge in [0.05, 0.1) is 12.1 Å². The van der Waals surface area contributed by atoms with Crippen LogP contribution in [0.15, 0.2) is 36.7 Å². The zero-order valence-corrected chi connectivity index (χ0v) is 11.6. The van der Waals surface area contributed by atoms with Crippen molar-refractivity contribution in [3.8, 4) is 11.5 Å². The van der Waals surface area contributed by atoms with E-state index in [2.05, 4.69) is 10.00 Å². The fraction of sp³-hybridized carbons (Fsp3) is 0.400. The van der Waals surface area contributed by atoms with Gasteiger partial charge in [-0.15, -0.1) is 0 Å². The van der Waals surface area contributed by atoms with E-state index in [0.717, 1.165) is 24.4 Å². The number of ether oxygens (including phenoxy) is 2. The predicted octanol–water partition coefficient (Wildman–Crippen LogP) is 1.20. The third-order valence-corrected chi connectivity index (χ3v) is 4.05. The van der Waals surface area contributed by atoms with Crippen LogP contribution in [0.25, 0.3) is 0 Å². The van der Waals surface area contributed by atoms with Gasteiger partial charge in [-0.25, -0.2) is 0 Å². The standard InChI is InChI=1S/C15H17N3O3/c19-13(11-2-3-14-15(6-11)21-10-20-14)9-17-7-12(8-17)18-5-1-4-16-18/h1-6,12-13,19H,7-10H2/t13-/m0/s1. The Bertz CT molecular complexity index is 623. The first-order valence-electron chi connectivity index (χ1n) is 7.09. The Morgan fingerprint density at radius 3 is 2.95 bits per heavy atom. The number of rotatable bonds is 4. The Kier molecular flexibility index (Phi) is 3.05. The number of hydrogen-bond donors (Lipinski definition) is 1. The van der Waals surface area contributed by atoms with E-state index in [1.807, 2.05) is 35.1 Å². The van der Waals surface area contributed by atoms with Crippen molar-refractivity contribution < 1.29 is 14.6 Å². The molecule has 1 aromatic carbocycles. The van der Waals surface area contributed by atoms with Gasteiger partial charge in [-0.1, -0.05) is 6.07 Å². The van der Waals surface area contributed by atoms with Gasteiger partial charge in [-0.2, -0.15) is 5.10 Å². The van der Waals surface area contributed by atoms with E-state index in [-0.39, 0.29) is 6.79 Å². The van der Waals surface area contributed by atoms with Crippen LogP contribution in [-0.4, -0.2) is 46.2 Å². The largest absolute Gasteiger partial charge is 0.454 e. The number of benzene rings is 1. The molecule has 2 aliphatic rings. The first-order chi connectivity index (χ1) is 10.3. The quantitative estimate of drug-likeness (QED) is 0.915. The highest BCUT2D eigenvalue weighted by atomic mass is 16.7. The summed E-state index contributed by atoms with van der Waals surface area (Å²) < 4.78 is 12.6. The fourth-order valence-electron chi connectivity index (χ4n) is 2.83. The van der Waals surface area contributed by atoms with Gasteiger partial charge in [0.2, 0.25) is 6.79 Å². The number of aromatic nitrogens is 2. The van der Waals surface area contributed by atoms with Crippen LogP contribution in [0, 0.1) is 0 Å². The molecule has 3 heterocycles. The molecule has 2 aromatic rings. The second-order valence-corrected chi connectivity index (χ2v) is 5.49. The van der Waals surface area contributed by atoms with E-state index < -0.39 is 6.10 Å². The van der Waals surface area contributed by atoms with Crippen LogP contribution in [0.4, 0.5) is 0 Å². The Morgan fingerprint density at radius 2 is 2.14 bits per heavy atom. The van der Waals surface area contributed by atoms with Crippen LogP contribution in [-0.2, 0) is 0 Å². The molecule has 0 radical (unpaired) electrons. The van der Waals surface area contributed by atoms with Gasteiger partial charge in [-0.05, 0) is 23.8 Å². The topological polar surface area (TPSA) is 59.8 Å². The fourth-order valence-corrected chi connectivity index (χ4v) is 2.83. The monoisotopic (exact) mass is 287 g/mol. The maximum atomic E-state index is 10.3. The first-order valence-corrected chi connectivity index (χ1v) is 7.09. The molecular formula is C15H17N3O3. The van der Waals surface area contributed by atoms with Gasteiger partial charge in [0, 0.05) is 32.0 Å². The number of nitrogens with zero attached hydrogens (tertiary/aromatic N) is 3. The number of fused-ring (bicyclic) bond motifs is 1. The van der Waals surface area contributed by atoms with Crippen LogP contribution in [0.1, 0.15) is 17.7 Å². The summed E-state index contributed by atoms with van der Waals surface area (Å²) in [5, 5.41) is 14.6. The zero-order valence-electron chi connectivity index (χ0n) is 11.6. The number of aliphatic hydroxyl groups is 1. The molecule has 1 fully saturated rings. The molecular weight excluding hydrogens is 270 g/mol. The third-order valence-electron chi connectivity index (χ3n) is 4.05. The van der Waals surface area contributed by atoms with Gasteiger partial charge in [0.1, 0.15) is 0 Å². The molecule has 0 amide bonds. The molecule has 1 saturated heterocycles. The molecule has 2 aliphatic heterocycles. The molecule has 1 N–H and O–H groups in total. The second-order valence-electron chi connectivity index (χ2n) is 5.49. The molecule has 6 nitrogen and oxygen atoms in total. The summed E-state index contributed by atoms with van der Waals surface area (Å²) >= 11 is 0. The molecule has 6 heteroatoms. The minimum Gasteiger partial charge on any atom is -0.454 e. The van der Waals surface area contributed by atoms with E-state index in [0.29, 0.717) is 18.3 Å². The van der Waals surface area contributed by atoms with Crippen LogP contribution in [0.3, 0.4) is 0 Å². The molecule has 0 spiro atoms. The number of hydrogen-bond acceptors (Lipinski definition) is 5. The minimum atomic E-state index is -0.516. The van der Waals surface area contributed by atoms with E-state index >= 15 is 0 Å². The number of aliphatic hydroxyl groups excluding tert-OH is 1. The summed E-state index contributed by atoms with van der Waals surface area (Å²) in [6.07, 6.45) is 3.26. The van der Waals surface area contributed by atoms with Crippen LogP contribution >= 0.6 is 0 Å². The minimum absolute atomic E-state index is 0.257. The SMILES string of the molecule is O[C@@H](CN1CC(n2cccn2)C1)c1ccc2c(c1)OCO2. The average molecular weight is 287 g/mol. The summed E-state index contributed by atoms with van der Waals surface area (Å²) in [6, 6.07) is 7.96. The van der Waals surface area contributed by atoms with Crippen molar-refractivity contribution in [2.24, 2.45) is 0 Å². The van der Waals surface area contributed by atoms with Crippen LogP contribution < -0.4 is 9.47 Å². The van der Waals surface area contributed by atoms with E-state index in [4.69, 9.17) is 9.47 Å². The molecule has 0 bridgehead atoms. The molecule has 110 valence electrons. The summed E-state index contributed by atoms with van der Waals surface area (Å²) in [6.45, 7) is 2.72. The normalized spacial score (nSPS) is 19.5. The molecule has 21 heavy (non-hydrogen) atoms. The molecule has 4 rings (SSSR count). The Hall–Kier alpha value is -2.05. The van der Waals surface area contributed by atoms with Crippen molar-refractivity contribution in [2.75, 3.05) is 26.4 Å². The summed E-state index contributed by atoms with van der Waals surface area (Å²) in [7, 11) is 0. The van der Waals surface area contributed by atoms with Gasteiger partial charge < -0.3 is 14.6 Å². The number of likely N-dealkylation sites (tertiary alicyclic amines) is 1. The van der Waals surface area contributed by atoms with E-state index in [1.165, 1.54) is 0 Å². The molecule has 1 aromatic heterocycles. The van der Waals surface area contributed by atoms with E-state index in [9.17, 15) is 5.11 Å².